The number of hydrogen-bond acceptors (Lipinski definition) is 2. The highest BCUT2D eigenvalue weighted by Crippen LogP contribution is 2.23. The third-order valence-corrected chi connectivity index (χ3v) is 5.50. The van der Waals surface area contributed by atoms with Crippen LogP contribution in [-0.4, -0.2) is 11.0 Å². The van der Waals surface area contributed by atoms with Crippen molar-refractivity contribution in [2.45, 2.75) is 19.6 Å². The topological polar surface area (TPSA) is 29.5 Å². The van der Waals surface area contributed by atoms with Gasteiger partial charge in [-0.2, -0.15) is 0 Å². The molecule has 164 valence electrons. The standard InChI is InChI=1S/C30H27NO2/c1-24(27-13-7-3-8-14-27)31(33-23-26-11-5-2-6-12-26)30(32)22-19-25-17-20-29(21-18-25)28-15-9-4-10-16-28/h2-22,24H,23H2,1H3. The monoisotopic (exact) mass is 433 g/mol. The molecule has 0 saturated carbocycles. The predicted octanol–water partition coefficient (Wildman–Crippen LogP) is 7.09. The van der Waals surface area contributed by atoms with Crippen LogP contribution < -0.4 is 0 Å². The first-order valence-corrected chi connectivity index (χ1v) is 11.1. The molecule has 3 nitrogen and oxygen atoms in total. The van der Waals surface area contributed by atoms with E-state index in [0.717, 1.165) is 22.3 Å². The van der Waals surface area contributed by atoms with Gasteiger partial charge in [-0.1, -0.05) is 115 Å². The quantitative estimate of drug-likeness (QED) is 0.219. The van der Waals surface area contributed by atoms with Gasteiger partial charge in [0.1, 0.15) is 6.61 Å². The lowest BCUT2D eigenvalue weighted by atomic mass is 10.0. The summed E-state index contributed by atoms with van der Waals surface area (Å²) < 4.78 is 0. The van der Waals surface area contributed by atoms with Crippen LogP contribution in [0.2, 0.25) is 0 Å². The van der Waals surface area contributed by atoms with Gasteiger partial charge in [-0.15, -0.1) is 0 Å². The van der Waals surface area contributed by atoms with Gasteiger partial charge in [0.15, 0.2) is 0 Å². The fourth-order valence-corrected chi connectivity index (χ4v) is 3.61. The van der Waals surface area contributed by atoms with Crippen molar-refractivity contribution in [2.75, 3.05) is 0 Å². The fraction of sp³-hybridized carbons (Fsp3) is 0.100. The van der Waals surface area contributed by atoms with E-state index in [-0.39, 0.29) is 11.9 Å². The third-order valence-electron chi connectivity index (χ3n) is 5.50. The number of rotatable bonds is 8. The summed E-state index contributed by atoms with van der Waals surface area (Å²) in [5.41, 5.74) is 5.29. The second-order valence-corrected chi connectivity index (χ2v) is 7.83. The minimum absolute atomic E-state index is 0.200. The maximum absolute atomic E-state index is 13.2. The summed E-state index contributed by atoms with van der Waals surface area (Å²) in [5, 5.41) is 1.46. The molecular weight excluding hydrogens is 406 g/mol. The van der Waals surface area contributed by atoms with Gasteiger partial charge >= 0.3 is 0 Å². The minimum atomic E-state index is -0.229. The Labute approximate surface area is 195 Å². The molecule has 1 atom stereocenters. The molecular formula is C30H27NO2. The zero-order valence-corrected chi connectivity index (χ0v) is 18.7. The lowest BCUT2D eigenvalue weighted by Crippen LogP contribution is -2.32. The van der Waals surface area contributed by atoms with E-state index in [9.17, 15) is 4.79 Å². The SMILES string of the molecule is CC(c1ccccc1)N(OCc1ccccc1)C(=O)C=Cc1ccc(-c2ccccc2)cc1. The van der Waals surface area contributed by atoms with Gasteiger partial charge in [-0.25, -0.2) is 5.06 Å². The van der Waals surface area contributed by atoms with E-state index < -0.39 is 0 Å². The number of amides is 1. The van der Waals surface area contributed by atoms with Crippen molar-refractivity contribution in [1.29, 1.82) is 0 Å². The van der Waals surface area contributed by atoms with E-state index in [2.05, 4.69) is 24.3 Å². The Morgan fingerprint density at radius 2 is 1.30 bits per heavy atom. The van der Waals surface area contributed by atoms with Crippen LogP contribution in [0.4, 0.5) is 0 Å². The fourth-order valence-electron chi connectivity index (χ4n) is 3.61. The molecule has 1 unspecified atom stereocenters. The Hall–Kier alpha value is -3.95. The smallest absolute Gasteiger partial charge is 0.267 e. The lowest BCUT2D eigenvalue weighted by molar-refractivity contribution is -0.200. The van der Waals surface area contributed by atoms with E-state index in [4.69, 9.17) is 4.84 Å². The highest BCUT2D eigenvalue weighted by molar-refractivity contribution is 5.91. The first-order chi connectivity index (χ1) is 16.2. The lowest BCUT2D eigenvalue weighted by Gasteiger charge is -2.27. The molecule has 0 aromatic heterocycles. The van der Waals surface area contributed by atoms with E-state index >= 15 is 0 Å². The number of nitrogens with zero attached hydrogens (tertiary/aromatic N) is 1. The second-order valence-electron chi connectivity index (χ2n) is 7.83. The number of carbonyl (C=O) groups is 1. The van der Waals surface area contributed by atoms with Crippen molar-refractivity contribution in [3.05, 3.63) is 138 Å². The van der Waals surface area contributed by atoms with Gasteiger partial charge in [-0.05, 0) is 40.8 Å². The van der Waals surface area contributed by atoms with Crippen LogP contribution in [0.25, 0.3) is 17.2 Å². The van der Waals surface area contributed by atoms with Crippen LogP contribution in [0.15, 0.2) is 121 Å². The van der Waals surface area contributed by atoms with Gasteiger partial charge in [0, 0.05) is 6.08 Å². The first kappa shape index (κ1) is 22.3. The summed E-state index contributed by atoms with van der Waals surface area (Å²) in [6.45, 7) is 2.30. The molecule has 3 heteroatoms. The highest BCUT2D eigenvalue weighted by Gasteiger charge is 2.21. The Balaban J connectivity index is 1.49. The molecule has 0 fully saturated rings. The maximum Gasteiger partial charge on any atom is 0.270 e. The Morgan fingerprint density at radius 1 is 0.758 bits per heavy atom. The van der Waals surface area contributed by atoms with Crippen LogP contribution in [0.1, 0.15) is 29.7 Å². The molecule has 0 heterocycles. The average molecular weight is 434 g/mol. The normalized spacial score (nSPS) is 11.9. The van der Waals surface area contributed by atoms with Gasteiger partial charge in [0.2, 0.25) is 0 Å². The minimum Gasteiger partial charge on any atom is -0.267 e. The van der Waals surface area contributed by atoms with Crippen molar-refractivity contribution in [2.24, 2.45) is 0 Å². The van der Waals surface area contributed by atoms with Crippen LogP contribution in [0.5, 0.6) is 0 Å². The highest BCUT2D eigenvalue weighted by atomic mass is 16.7. The summed E-state index contributed by atoms with van der Waals surface area (Å²) >= 11 is 0. The maximum atomic E-state index is 13.2. The summed E-state index contributed by atoms with van der Waals surface area (Å²) in [6.07, 6.45) is 3.40. The van der Waals surface area contributed by atoms with E-state index in [1.165, 1.54) is 10.6 Å². The van der Waals surface area contributed by atoms with Gasteiger partial charge in [0.05, 0.1) is 6.04 Å². The molecule has 4 rings (SSSR count). The third kappa shape index (κ3) is 6.06. The zero-order valence-electron chi connectivity index (χ0n) is 18.7. The number of benzene rings is 4. The van der Waals surface area contributed by atoms with Gasteiger partial charge < -0.3 is 0 Å². The summed E-state index contributed by atoms with van der Waals surface area (Å²) in [6, 6.07) is 37.9. The number of carbonyl (C=O) groups excluding carboxylic acids is 1. The van der Waals surface area contributed by atoms with Crippen molar-refractivity contribution >= 4 is 12.0 Å². The van der Waals surface area contributed by atoms with Crippen molar-refractivity contribution in [3.63, 3.8) is 0 Å². The Bertz CT molecular complexity index is 1170. The van der Waals surface area contributed by atoms with Crippen molar-refractivity contribution in [1.82, 2.24) is 5.06 Å². The van der Waals surface area contributed by atoms with Crippen LogP contribution in [0.3, 0.4) is 0 Å². The average Bonchev–Trinajstić information content (AvgIpc) is 2.89. The number of hydrogen-bond donors (Lipinski definition) is 0. The summed E-state index contributed by atoms with van der Waals surface area (Å²) in [4.78, 5) is 19.2. The van der Waals surface area contributed by atoms with Crippen LogP contribution in [0, 0.1) is 0 Å². The van der Waals surface area contributed by atoms with Gasteiger partial charge in [0.25, 0.3) is 5.91 Å². The molecule has 0 aliphatic rings. The van der Waals surface area contributed by atoms with E-state index in [1.807, 2.05) is 104 Å². The molecule has 0 saturated heterocycles. The molecule has 0 aliphatic heterocycles. The molecule has 0 aliphatic carbocycles. The van der Waals surface area contributed by atoms with E-state index in [1.54, 1.807) is 6.08 Å². The molecule has 0 spiro atoms. The molecule has 33 heavy (non-hydrogen) atoms. The van der Waals surface area contributed by atoms with Crippen LogP contribution >= 0.6 is 0 Å². The largest absolute Gasteiger partial charge is 0.270 e. The Morgan fingerprint density at radius 3 is 1.94 bits per heavy atom. The predicted molar refractivity (Wildman–Crippen MR) is 134 cm³/mol. The molecule has 0 N–H and O–H groups in total. The van der Waals surface area contributed by atoms with E-state index in [0.29, 0.717) is 6.61 Å². The molecule has 1 amide bonds. The zero-order chi connectivity index (χ0) is 22.9. The molecule has 4 aromatic rings. The summed E-state index contributed by atoms with van der Waals surface area (Å²) in [5.74, 6) is -0.200. The molecule has 0 radical (unpaired) electrons. The number of hydroxylamine groups is 2. The summed E-state index contributed by atoms with van der Waals surface area (Å²) in [7, 11) is 0. The Kier molecular flexibility index (Phi) is 7.47. The first-order valence-electron chi connectivity index (χ1n) is 11.1. The van der Waals surface area contributed by atoms with Crippen molar-refractivity contribution in [3.8, 4) is 11.1 Å². The van der Waals surface area contributed by atoms with Gasteiger partial charge in [-0.3, -0.25) is 9.63 Å². The molecule has 4 aromatic carbocycles. The van der Waals surface area contributed by atoms with Crippen molar-refractivity contribution < 1.29 is 9.63 Å². The van der Waals surface area contributed by atoms with Crippen LogP contribution in [-0.2, 0) is 16.2 Å². The second kappa shape index (κ2) is 11.1. The molecule has 0 bridgehead atoms.